The zero-order valence-electron chi connectivity index (χ0n) is 12.4. The number of benzene rings is 1. The molecule has 118 valence electrons. The Kier molecular flexibility index (Phi) is 4.72. The van der Waals surface area contributed by atoms with Crippen molar-refractivity contribution in [1.29, 1.82) is 5.26 Å². The number of halogens is 2. The fourth-order valence-corrected chi connectivity index (χ4v) is 3.25. The largest absolute Gasteiger partial charge is 0.383 e. The summed E-state index contributed by atoms with van der Waals surface area (Å²) in [5, 5.41) is 13.8. The molecule has 0 amide bonds. The van der Waals surface area contributed by atoms with E-state index >= 15 is 0 Å². The molecule has 3 rings (SSSR count). The van der Waals surface area contributed by atoms with Gasteiger partial charge in [-0.2, -0.15) is 5.26 Å². The molecule has 4 nitrogen and oxygen atoms in total. The Labute approximate surface area is 145 Å². The van der Waals surface area contributed by atoms with Crippen molar-refractivity contribution in [2.24, 2.45) is 0 Å². The van der Waals surface area contributed by atoms with E-state index in [4.69, 9.17) is 28.9 Å². The van der Waals surface area contributed by atoms with Crippen molar-refractivity contribution in [1.82, 2.24) is 10.3 Å². The molecule has 0 unspecified atom stereocenters. The van der Waals surface area contributed by atoms with Crippen molar-refractivity contribution in [2.45, 2.75) is 18.8 Å². The number of nitrogen functional groups attached to an aromatic ring is 1. The molecule has 1 saturated heterocycles. The SMILES string of the molecule is N#Cc1c([C@@H]2CCCNC2)cc(-c2ccc(Cl)c(Cl)c2)nc1N. The Balaban J connectivity index is 2.10. The molecule has 6 heteroatoms. The highest BCUT2D eigenvalue weighted by atomic mass is 35.5. The zero-order valence-corrected chi connectivity index (χ0v) is 14.0. The van der Waals surface area contributed by atoms with E-state index in [-0.39, 0.29) is 11.7 Å². The van der Waals surface area contributed by atoms with Gasteiger partial charge in [0.15, 0.2) is 0 Å². The van der Waals surface area contributed by atoms with Gasteiger partial charge in [-0.05, 0) is 49.1 Å². The predicted octanol–water partition coefficient (Wildman–Crippen LogP) is 3.98. The van der Waals surface area contributed by atoms with Gasteiger partial charge in [-0.1, -0.05) is 29.3 Å². The first-order valence-corrected chi connectivity index (χ1v) is 8.22. The summed E-state index contributed by atoms with van der Waals surface area (Å²) in [6.45, 7) is 1.86. The topological polar surface area (TPSA) is 74.7 Å². The second kappa shape index (κ2) is 6.76. The van der Waals surface area contributed by atoms with Crippen molar-refractivity contribution in [3.8, 4) is 17.3 Å². The number of hydrogen-bond donors (Lipinski definition) is 2. The van der Waals surface area contributed by atoms with Gasteiger partial charge in [-0.15, -0.1) is 0 Å². The van der Waals surface area contributed by atoms with Gasteiger partial charge in [0.05, 0.1) is 21.3 Å². The molecule has 3 N–H and O–H groups in total. The van der Waals surface area contributed by atoms with Crippen LogP contribution in [0.2, 0.25) is 10.0 Å². The number of piperidine rings is 1. The molecule has 23 heavy (non-hydrogen) atoms. The fraction of sp³-hybridized carbons (Fsp3) is 0.294. The maximum Gasteiger partial charge on any atom is 0.142 e. The van der Waals surface area contributed by atoms with Crippen molar-refractivity contribution in [3.63, 3.8) is 0 Å². The number of rotatable bonds is 2. The number of aromatic nitrogens is 1. The van der Waals surface area contributed by atoms with Gasteiger partial charge < -0.3 is 11.1 Å². The third-order valence-corrected chi connectivity index (χ3v) is 4.88. The normalized spacial score (nSPS) is 17.7. The van der Waals surface area contributed by atoms with Crippen molar-refractivity contribution >= 4 is 29.0 Å². The second-order valence-corrected chi connectivity index (χ2v) is 6.46. The van der Waals surface area contributed by atoms with E-state index in [1.54, 1.807) is 12.1 Å². The molecule has 0 radical (unpaired) electrons. The summed E-state index contributed by atoms with van der Waals surface area (Å²) < 4.78 is 0. The highest BCUT2D eigenvalue weighted by Gasteiger charge is 2.22. The molecule has 1 aliphatic heterocycles. The lowest BCUT2D eigenvalue weighted by molar-refractivity contribution is 0.461. The Morgan fingerprint density at radius 1 is 1.26 bits per heavy atom. The molecule has 1 aliphatic rings. The van der Waals surface area contributed by atoms with Crippen LogP contribution in [0.1, 0.15) is 29.9 Å². The van der Waals surface area contributed by atoms with Gasteiger partial charge in [0.1, 0.15) is 11.9 Å². The van der Waals surface area contributed by atoms with Crippen LogP contribution in [0.3, 0.4) is 0 Å². The molecular weight excluding hydrogens is 331 g/mol. The van der Waals surface area contributed by atoms with Crippen LogP contribution in [-0.4, -0.2) is 18.1 Å². The average molecular weight is 347 g/mol. The summed E-state index contributed by atoms with van der Waals surface area (Å²) in [5.74, 6) is 0.530. The minimum Gasteiger partial charge on any atom is -0.383 e. The number of nitrogens with zero attached hydrogens (tertiary/aromatic N) is 2. The molecule has 1 fully saturated rings. The Bertz CT molecular complexity index is 777. The summed E-state index contributed by atoms with van der Waals surface area (Å²) in [6, 6.07) is 9.50. The summed E-state index contributed by atoms with van der Waals surface area (Å²) in [7, 11) is 0. The van der Waals surface area contributed by atoms with Gasteiger partial charge in [0, 0.05) is 12.1 Å². The average Bonchev–Trinajstić information content (AvgIpc) is 2.57. The van der Waals surface area contributed by atoms with E-state index in [9.17, 15) is 5.26 Å². The molecule has 0 bridgehead atoms. The van der Waals surface area contributed by atoms with Gasteiger partial charge in [-0.3, -0.25) is 0 Å². The van der Waals surface area contributed by atoms with Gasteiger partial charge in [-0.25, -0.2) is 4.98 Å². The lowest BCUT2D eigenvalue weighted by Crippen LogP contribution is -2.29. The van der Waals surface area contributed by atoms with Crippen LogP contribution in [0.25, 0.3) is 11.3 Å². The lowest BCUT2D eigenvalue weighted by Gasteiger charge is -2.24. The number of nitrogens with two attached hydrogens (primary N) is 1. The zero-order chi connectivity index (χ0) is 16.4. The van der Waals surface area contributed by atoms with E-state index in [0.717, 1.165) is 37.1 Å². The van der Waals surface area contributed by atoms with E-state index in [0.29, 0.717) is 21.3 Å². The number of pyridine rings is 1. The van der Waals surface area contributed by atoms with Crippen molar-refractivity contribution < 1.29 is 0 Å². The molecule has 2 aromatic rings. The molecule has 2 heterocycles. The summed E-state index contributed by atoms with van der Waals surface area (Å²) in [5.41, 5.74) is 9.00. The maximum absolute atomic E-state index is 9.44. The number of nitrogens with one attached hydrogen (secondary N) is 1. The highest BCUT2D eigenvalue weighted by molar-refractivity contribution is 6.42. The van der Waals surface area contributed by atoms with Crippen LogP contribution in [0, 0.1) is 11.3 Å². The predicted molar refractivity (Wildman–Crippen MR) is 93.7 cm³/mol. The Morgan fingerprint density at radius 3 is 2.74 bits per heavy atom. The first-order chi connectivity index (χ1) is 11.1. The van der Waals surface area contributed by atoms with Crippen LogP contribution >= 0.6 is 23.2 Å². The molecular formula is C17H16Cl2N4. The molecule has 1 atom stereocenters. The number of hydrogen-bond acceptors (Lipinski definition) is 4. The maximum atomic E-state index is 9.44. The van der Waals surface area contributed by atoms with E-state index < -0.39 is 0 Å². The summed E-state index contributed by atoms with van der Waals surface area (Å²) in [6.07, 6.45) is 2.12. The molecule has 1 aromatic heterocycles. The Hall–Kier alpha value is -1.80. The molecule has 0 spiro atoms. The van der Waals surface area contributed by atoms with E-state index in [1.807, 2.05) is 12.1 Å². The smallest absolute Gasteiger partial charge is 0.142 e. The van der Waals surface area contributed by atoms with Gasteiger partial charge >= 0.3 is 0 Å². The first kappa shape index (κ1) is 16.1. The van der Waals surface area contributed by atoms with E-state index in [1.165, 1.54) is 0 Å². The van der Waals surface area contributed by atoms with Crippen LogP contribution < -0.4 is 11.1 Å². The third-order valence-electron chi connectivity index (χ3n) is 4.14. The number of nitriles is 1. The number of anilines is 1. The lowest BCUT2D eigenvalue weighted by atomic mass is 9.88. The molecule has 0 aliphatic carbocycles. The summed E-state index contributed by atoms with van der Waals surface area (Å²) >= 11 is 12.1. The van der Waals surface area contributed by atoms with E-state index in [2.05, 4.69) is 16.4 Å². The van der Waals surface area contributed by atoms with Crippen LogP contribution in [0.5, 0.6) is 0 Å². The standard InChI is InChI=1S/C17H16Cl2N4/c18-14-4-3-10(6-15(14)19)16-7-12(11-2-1-5-22-9-11)13(8-20)17(21)23-16/h3-4,6-7,11,22H,1-2,5,9H2,(H2,21,23)/t11-/m1/s1. The molecule has 0 saturated carbocycles. The minimum absolute atomic E-state index is 0.261. The van der Waals surface area contributed by atoms with Crippen molar-refractivity contribution in [3.05, 3.63) is 45.4 Å². The fourth-order valence-electron chi connectivity index (χ4n) is 2.95. The van der Waals surface area contributed by atoms with Crippen molar-refractivity contribution in [2.75, 3.05) is 18.8 Å². The quantitative estimate of drug-likeness (QED) is 0.862. The first-order valence-electron chi connectivity index (χ1n) is 7.47. The van der Waals surface area contributed by atoms with Crippen LogP contribution in [0.15, 0.2) is 24.3 Å². The summed E-state index contributed by atoms with van der Waals surface area (Å²) in [4.78, 5) is 4.37. The van der Waals surface area contributed by atoms with Crippen LogP contribution in [0.4, 0.5) is 5.82 Å². The molecule has 1 aromatic carbocycles. The second-order valence-electron chi connectivity index (χ2n) is 5.64. The highest BCUT2D eigenvalue weighted by Crippen LogP contribution is 2.33. The third kappa shape index (κ3) is 3.28. The minimum atomic E-state index is 0.261. The van der Waals surface area contributed by atoms with Gasteiger partial charge in [0.25, 0.3) is 0 Å². The monoisotopic (exact) mass is 346 g/mol. The Morgan fingerprint density at radius 2 is 2.09 bits per heavy atom. The van der Waals surface area contributed by atoms with Gasteiger partial charge in [0.2, 0.25) is 0 Å². The van der Waals surface area contributed by atoms with Crippen LogP contribution in [-0.2, 0) is 0 Å².